The van der Waals surface area contributed by atoms with E-state index in [0.717, 1.165) is 5.56 Å². The minimum absolute atomic E-state index is 0.0719. The smallest absolute Gasteiger partial charge is 0.132 e. The number of phenolic OH excluding ortho intramolecular Hbond substituents is 1. The lowest BCUT2D eigenvalue weighted by atomic mass is 10.2. The van der Waals surface area contributed by atoms with Gasteiger partial charge in [0.25, 0.3) is 0 Å². The average molecular weight is 277 g/mol. The van der Waals surface area contributed by atoms with Gasteiger partial charge in [-0.1, -0.05) is 23.7 Å². The van der Waals surface area contributed by atoms with Gasteiger partial charge in [0.05, 0.1) is 5.56 Å². The first-order valence-electron chi connectivity index (χ1n) is 5.61. The summed E-state index contributed by atoms with van der Waals surface area (Å²) in [6, 6.07) is 11.6. The summed E-state index contributed by atoms with van der Waals surface area (Å²) in [6.07, 6.45) is 0. The Kier molecular flexibility index (Phi) is 3.92. The number of hydrogen-bond donors (Lipinski definition) is 3. The standard InChI is InChI=1S/C14H13ClN2O2/c15-10-3-6-12(14(16)17)13(7-10)19-8-9-1-4-11(18)5-2-9/h1-7,18H,8H2,(H3,16,17). The average Bonchev–Trinajstić information content (AvgIpc) is 2.38. The fourth-order valence-electron chi connectivity index (χ4n) is 1.59. The molecule has 19 heavy (non-hydrogen) atoms. The number of phenols is 1. The summed E-state index contributed by atoms with van der Waals surface area (Å²) in [4.78, 5) is 0. The second-order valence-electron chi connectivity index (χ2n) is 4.01. The normalized spacial score (nSPS) is 10.2. The first-order chi connectivity index (χ1) is 9.06. The molecular formula is C14H13ClN2O2. The minimum atomic E-state index is -0.0719. The number of hydrogen-bond acceptors (Lipinski definition) is 3. The van der Waals surface area contributed by atoms with Crippen LogP contribution in [0.15, 0.2) is 42.5 Å². The predicted octanol–water partition coefficient (Wildman–Crippen LogP) is 2.91. The van der Waals surface area contributed by atoms with Gasteiger partial charge < -0.3 is 15.6 Å². The molecule has 0 aliphatic rings. The first kappa shape index (κ1) is 13.2. The van der Waals surface area contributed by atoms with Gasteiger partial charge in [0.2, 0.25) is 0 Å². The van der Waals surface area contributed by atoms with Crippen molar-refractivity contribution in [3.8, 4) is 11.5 Å². The highest BCUT2D eigenvalue weighted by Gasteiger charge is 2.07. The number of aromatic hydroxyl groups is 1. The molecule has 0 fully saturated rings. The summed E-state index contributed by atoms with van der Waals surface area (Å²) in [5.41, 5.74) is 6.88. The van der Waals surface area contributed by atoms with Crippen LogP contribution in [-0.4, -0.2) is 10.9 Å². The molecule has 0 unspecified atom stereocenters. The number of nitrogen functional groups attached to an aromatic ring is 1. The van der Waals surface area contributed by atoms with E-state index in [-0.39, 0.29) is 11.6 Å². The van der Waals surface area contributed by atoms with E-state index < -0.39 is 0 Å². The van der Waals surface area contributed by atoms with E-state index in [9.17, 15) is 5.11 Å². The van der Waals surface area contributed by atoms with Crippen LogP contribution >= 0.6 is 11.6 Å². The lowest BCUT2D eigenvalue weighted by molar-refractivity contribution is 0.305. The van der Waals surface area contributed by atoms with E-state index in [2.05, 4.69) is 0 Å². The summed E-state index contributed by atoms with van der Waals surface area (Å²) in [5, 5.41) is 17.2. The van der Waals surface area contributed by atoms with Crippen molar-refractivity contribution in [2.45, 2.75) is 6.61 Å². The van der Waals surface area contributed by atoms with E-state index in [1.807, 2.05) is 0 Å². The molecule has 2 aromatic rings. The Morgan fingerprint density at radius 1 is 1.21 bits per heavy atom. The number of nitrogens with two attached hydrogens (primary N) is 1. The van der Waals surface area contributed by atoms with Crippen LogP contribution in [0, 0.1) is 5.41 Å². The lowest BCUT2D eigenvalue weighted by Gasteiger charge is -2.11. The Morgan fingerprint density at radius 2 is 1.89 bits per heavy atom. The third kappa shape index (κ3) is 3.39. The predicted molar refractivity (Wildman–Crippen MR) is 74.9 cm³/mol. The number of ether oxygens (including phenoxy) is 1. The van der Waals surface area contributed by atoms with Crippen LogP contribution in [0.3, 0.4) is 0 Å². The van der Waals surface area contributed by atoms with E-state index in [1.54, 1.807) is 42.5 Å². The topological polar surface area (TPSA) is 79.3 Å². The third-order valence-corrected chi connectivity index (χ3v) is 2.80. The van der Waals surface area contributed by atoms with Crippen LogP contribution in [-0.2, 0) is 6.61 Å². The van der Waals surface area contributed by atoms with Crippen molar-refractivity contribution in [3.05, 3.63) is 58.6 Å². The quantitative estimate of drug-likeness (QED) is 0.593. The van der Waals surface area contributed by atoms with Gasteiger partial charge in [-0.15, -0.1) is 0 Å². The van der Waals surface area contributed by atoms with Gasteiger partial charge in [-0.25, -0.2) is 0 Å². The molecule has 2 rings (SSSR count). The van der Waals surface area contributed by atoms with Crippen molar-refractivity contribution in [1.29, 1.82) is 5.41 Å². The zero-order valence-corrected chi connectivity index (χ0v) is 10.8. The molecule has 0 bridgehead atoms. The largest absolute Gasteiger partial charge is 0.508 e. The Balaban J connectivity index is 2.16. The number of halogens is 1. The lowest BCUT2D eigenvalue weighted by Crippen LogP contribution is -2.13. The molecule has 5 heteroatoms. The Bertz CT molecular complexity index is 597. The third-order valence-electron chi connectivity index (χ3n) is 2.56. The summed E-state index contributed by atoms with van der Waals surface area (Å²) in [6.45, 7) is 0.306. The van der Waals surface area contributed by atoms with Crippen molar-refractivity contribution in [3.63, 3.8) is 0 Å². The molecule has 0 radical (unpaired) electrons. The maximum atomic E-state index is 9.19. The zero-order chi connectivity index (χ0) is 13.8. The zero-order valence-electron chi connectivity index (χ0n) is 10.1. The number of rotatable bonds is 4. The number of nitrogens with one attached hydrogen (secondary N) is 1. The van der Waals surface area contributed by atoms with Crippen molar-refractivity contribution in [2.75, 3.05) is 0 Å². The summed E-state index contributed by atoms with van der Waals surface area (Å²) in [5.74, 6) is 0.598. The van der Waals surface area contributed by atoms with Crippen molar-refractivity contribution < 1.29 is 9.84 Å². The van der Waals surface area contributed by atoms with E-state index in [4.69, 9.17) is 27.5 Å². The molecule has 0 saturated heterocycles. The molecule has 0 saturated carbocycles. The van der Waals surface area contributed by atoms with Gasteiger partial charge >= 0.3 is 0 Å². The van der Waals surface area contributed by atoms with Gasteiger partial charge in [-0.2, -0.15) is 0 Å². The highest BCUT2D eigenvalue weighted by molar-refractivity contribution is 6.30. The summed E-state index contributed by atoms with van der Waals surface area (Å²) < 4.78 is 5.62. The Morgan fingerprint density at radius 3 is 2.53 bits per heavy atom. The SMILES string of the molecule is N=C(N)c1ccc(Cl)cc1OCc1ccc(O)cc1. The van der Waals surface area contributed by atoms with Crippen LogP contribution in [0.2, 0.25) is 5.02 Å². The van der Waals surface area contributed by atoms with Gasteiger partial charge in [-0.3, -0.25) is 5.41 Å². The molecule has 0 aliphatic heterocycles. The van der Waals surface area contributed by atoms with Crippen LogP contribution in [0.4, 0.5) is 0 Å². The molecule has 0 spiro atoms. The van der Waals surface area contributed by atoms with Crippen LogP contribution in [0.1, 0.15) is 11.1 Å². The molecular weight excluding hydrogens is 264 g/mol. The Labute approximate surface area is 115 Å². The second kappa shape index (κ2) is 5.63. The highest BCUT2D eigenvalue weighted by Crippen LogP contribution is 2.24. The van der Waals surface area contributed by atoms with Crippen molar-refractivity contribution >= 4 is 17.4 Å². The fourth-order valence-corrected chi connectivity index (χ4v) is 1.75. The van der Waals surface area contributed by atoms with Crippen LogP contribution < -0.4 is 10.5 Å². The van der Waals surface area contributed by atoms with E-state index in [0.29, 0.717) is 22.9 Å². The molecule has 2 aromatic carbocycles. The van der Waals surface area contributed by atoms with Gasteiger partial charge in [0, 0.05) is 5.02 Å². The van der Waals surface area contributed by atoms with Gasteiger partial charge in [0.1, 0.15) is 23.9 Å². The first-order valence-corrected chi connectivity index (χ1v) is 5.98. The molecule has 4 N–H and O–H groups in total. The fraction of sp³-hybridized carbons (Fsp3) is 0.0714. The monoisotopic (exact) mass is 276 g/mol. The van der Waals surface area contributed by atoms with Crippen molar-refractivity contribution in [2.24, 2.45) is 5.73 Å². The Hall–Kier alpha value is -2.20. The molecule has 0 aromatic heterocycles. The van der Waals surface area contributed by atoms with E-state index >= 15 is 0 Å². The van der Waals surface area contributed by atoms with Crippen molar-refractivity contribution in [1.82, 2.24) is 0 Å². The number of benzene rings is 2. The molecule has 0 heterocycles. The summed E-state index contributed by atoms with van der Waals surface area (Å²) >= 11 is 5.90. The van der Waals surface area contributed by atoms with Gasteiger partial charge in [0.15, 0.2) is 0 Å². The van der Waals surface area contributed by atoms with E-state index in [1.165, 1.54) is 0 Å². The maximum Gasteiger partial charge on any atom is 0.132 e. The molecule has 0 atom stereocenters. The minimum Gasteiger partial charge on any atom is -0.508 e. The van der Waals surface area contributed by atoms with Crippen LogP contribution in [0.25, 0.3) is 0 Å². The molecule has 4 nitrogen and oxygen atoms in total. The molecule has 0 aliphatic carbocycles. The summed E-state index contributed by atoms with van der Waals surface area (Å²) in [7, 11) is 0. The second-order valence-corrected chi connectivity index (χ2v) is 4.45. The van der Waals surface area contributed by atoms with Gasteiger partial charge in [-0.05, 0) is 35.9 Å². The number of amidine groups is 1. The highest BCUT2D eigenvalue weighted by atomic mass is 35.5. The maximum absolute atomic E-state index is 9.19. The molecule has 0 amide bonds. The van der Waals surface area contributed by atoms with Crippen LogP contribution in [0.5, 0.6) is 11.5 Å². The molecule has 98 valence electrons.